The van der Waals surface area contributed by atoms with Crippen LogP contribution in [0.25, 0.3) is 0 Å². The molecule has 0 spiro atoms. The third-order valence-electron chi connectivity index (χ3n) is 1.85. The summed E-state index contributed by atoms with van der Waals surface area (Å²) >= 11 is 5.83. The van der Waals surface area contributed by atoms with Crippen molar-refractivity contribution >= 4 is 30.2 Å². The molecule has 0 atom stereocenters. The average molecular weight is 202 g/mol. The van der Waals surface area contributed by atoms with Crippen molar-refractivity contribution in [3.8, 4) is 0 Å². The van der Waals surface area contributed by atoms with E-state index >= 15 is 0 Å². The lowest BCUT2D eigenvalue weighted by molar-refractivity contribution is 0.952. The molecule has 0 unspecified atom stereocenters. The molecule has 3 heteroatoms. The van der Waals surface area contributed by atoms with Gasteiger partial charge < -0.3 is 0 Å². The standard InChI is InChI=1S/C9H8ClN.ClH/c10-9-2-1-8-6-11-4-3-7(8)5-9;/h1-2,5-6H,3-4H2;1H. The van der Waals surface area contributed by atoms with Crippen molar-refractivity contribution in [1.29, 1.82) is 0 Å². The number of fused-ring (bicyclic) bond motifs is 1. The SMILES string of the molecule is Cl.Clc1ccc2c(c1)CCN=C2. The van der Waals surface area contributed by atoms with E-state index in [4.69, 9.17) is 11.6 Å². The zero-order chi connectivity index (χ0) is 7.68. The highest BCUT2D eigenvalue weighted by molar-refractivity contribution is 6.30. The Kier molecular flexibility index (Phi) is 3.12. The number of nitrogens with zero attached hydrogens (tertiary/aromatic N) is 1. The zero-order valence-corrected chi connectivity index (χ0v) is 8.03. The van der Waals surface area contributed by atoms with Crippen LogP contribution in [0, 0.1) is 0 Å². The number of rotatable bonds is 0. The van der Waals surface area contributed by atoms with Crippen LogP contribution in [0.5, 0.6) is 0 Å². The Morgan fingerprint density at radius 3 is 3.00 bits per heavy atom. The number of aliphatic imine (C=N–C) groups is 1. The van der Waals surface area contributed by atoms with Gasteiger partial charge in [0, 0.05) is 17.8 Å². The molecule has 1 heterocycles. The molecule has 0 saturated carbocycles. The second kappa shape index (κ2) is 3.92. The Labute approximate surface area is 82.9 Å². The van der Waals surface area contributed by atoms with Crippen LogP contribution in [-0.2, 0) is 6.42 Å². The van der Waals surface area contributed by atoms with Crippen molar-refractivity contribution in [2.75, 3.05) is 6.54 Å². The van der Waals surface area contributed by atoms with Crippen LogP contribution >= 0.6 is 24.0 Å². The minimum atomic E-state index is 0. The van der Waals surface area contributed by atoms with Gasteiger partial charge in [-0.1, -0.05) is 17.7 Å². The Balaban J connectivity index is 0.000000720. The number of halogens is 2. The number of hydrogen-bond acceptors (Lipinski definition) is 1. The minimum absolute atomic E-state index is 0. The largest absolute Gasteiger partial charge is 0.292 e. The Hall–Kier alpha value is -0.530. The highest BCUT2D eigenvalue weighted by Gasteiger charge is 2.04. The first-order valence-electron chi connectivity index (χ1n) is 3.64. The smallest absolute Gasteiger partial charge is 0.0430 e. The Morgan fingerprint density at radius 2 is 2.17 bits per heavy atom. The van der Waals surface area contributed by atoms with E-state index in [2.05, 4.69) is 4.99 Å². The molecule has 0 N–H and O–H groups in total. The van der Waals surface area contributed by atoms with Crippen molar-refractivity contribution in [2.45, 2.75) is 6.42 Å². The summed E-state index contributed by atoms with van der Waals surface area (Å²) in [6.07, 6.45) is 2.93. The summed E-state index contributed by atoms with van der Waals surface area (Å²) in [5, 5.41) is 0.819. The van der Waals surface area contributed by atoms with Crippen LogP contribution in [0.15, 0.2) is 23.2 Å². The van der Waals surface area contributed by atoms with Gasteiger partial charge in [-0.05, 0) is 29.7 Å². The lowest BCUT2D eigenvalue weighted by atomic mass is 10.0. The first kappa shape index (κ1) is 9.56. The van der Waals surface area contributed by atoms with Gasteiger partial charge in [-0.2, -0.15) is 0 Å². The van der Waals surface area contributed by atoms with Gasteiger partial charge in [0.15, 0.2) is 0 Å². The summed E-state index contributed by atoms with van der Waals surface area (Å²) < 4.78 is 0. The summed E-state index contributed by atoms with van der Waals surface area (Å²) in [5.74, 6) is 0. The molecule has 0 fully saturated rings. The van der Waals surface area contributed by atoms with Gasteiger partial charge in [0.25, 0.3) is 0 Å². The molecule has 64 valence electrons. The Morgan fingerprint density at radius 1 is 1.33 bits per heavy atom. The fourth-order valence-corrected chi connectivity index (χ4v) is 1.46. The van der Waals surface area contributed by atoms with E-state index in [1.54, 1.807) is 0 Å². The third kappa shape index (κ3) is 1.79. The fourth-order valence-electron chi connectivity index (χ4n) is 1.26. The van der Waals surface area contributed by atoms with Gasteiger partial charge in [0.2, 0.25) is 0 Å². The maximum Gasteiger partial charge on any atom is 0.0430 e. The van der Waals surface area contributed by atoms with Gasteiger partial charge in [-0.3, -0.25) is 4.99 Å². The van der Waals surface area contributed by atoms with Crippen molar-refractivity contribution in [3.63, 3.8) is 0 Å². The van der Waals surface area contributed by atoms with Gasteiger partial charge in [0.1, 0.15) is 0 Å². The molecular weight excluding hydrogens is 193 g/mol. The predicted molar refractivity (Wildman–Crippen MR) is 54.9 cm³/mol. The molecule has 12 heavy (non-hydrogen) atoms. The van der Waals surface area contributed by atoms with Gasteiger partial charge in [-0.25, -0.2) is 0 Å². The van der Waals surface area contributed by atoms with Crippen molar-refractivity contribution in [1.82, 2.24) is 0 Å². The van der Waals surface area contributed by atoms with E-state index in [1.165, 1.54) is 11.1 Å². The molecule has 0 saturated heterocycles. The van der Waals surface area contributed by atoms with Gasteiger partial charge >= 0.3 is 0 Å². The summed E-state index contributed by atoms with van der Waals surface area (Å²) in [4.78, 5) is 4.18. The normalized spacial score (nSPS) is 13.4. The summed E-state index contributed by atoms with van der Waals surface area (Å²) in [6.45, 7) is 0.896. The van der Waals surface area contributed by atoms with E-state index in [1.807, 2.05) is 24.4 Å². The summed E-state index contributed by atoms with van der Waals surface area (Å²) in [6, 6.07) is 5.93. The molecule has 2 rings (SSSR count). The molecule has 0 aromatic heterocycles. The molecule has 1 aromatic carbocycles. The van der Waals surface area contributed by atoms with Crippen LogP contribution < -0.4 is 0 Å². The molecule has 1 nitrogen and oxygen atoms in total. The quantitative estimate of drug-likeness (QED) is 0.613. The van der Waals surface area contributed by atoms with Crippen molar-refractivity contribution < 1.29 is 0 Å². The summed E-state index contributed by atoms with van der Waals surface area (Å²) in [7, 11) is 0. The second-order valence-electron chi connectivity index (χ2n) is 2.63. The second-order valence-corrected chi connectivity index (χ2v) is 3.06. The van der Waals surface area contributed by atoms with E-state index in [-0.39, 0.29) is 12.4 Å². The highest BCUT2D eigenvalue weighted by atomic mass is 35.5. The maximum absolute atomic E-state index is 5.83. The van der Waals surface area contributed by atoms with E-state index in [9.17, 15) is 0 Å². The molecule has 0 bridgehead atoms. The monoisotopic (exact) mass is 201 g/mol. The van der Waals surface area contributed by atoms with Crippen LogP contribution in [0.4, 0.5) is 0 Å². The molecule has 1 aliphatic rings. The maximum atomic E-state index is 5.83. The topological polar surface area (TPSA) is 12.4 Å². The molecular formula is C9H9Cl2N. The lowest BCUT2D eigenvalue weighted by Crippen LogP contribution is -2.01. The van der Waals surface area contributed by atoms with Gasteiger partial charge in [0.05, 0.1) is 0 Å². The predicted octanol–water partition coefficient (Wildman–Crippen LogP) is 2.74. The minimum Gasteiger partial charge on any atom is -0.292 e. The van der Waals surface area contributed by atoms with Crippen LogP contribution in [0.3, 0.4) is 0 Å². The molecule has 0 aliphatic carbocycles. The summed E-state index contributed by atoms with van der Waals surface area (Å²) in [5.41, 5.74) is 2.52. The van der Waals surface area contributed by atoms with Crippen molar-refractivity contribution in [3.05, 3.63) is 34.3 Å². The van der Waals surface area contributed by atoms with Crippen LogP contribution in [0.1, 0.15) is 11.1 Å². The fraction of sp³-hybridized carbons (Fsp3) is 0.222. The highest BCUT2D eigenvalue weighted by Crippen LogP contribution is 2.17. The van der Waals surface area contributed by atoms with Crippen molar-refractivity contribution in [2.24, 2.45) is 4.99 Å². The Bertz CT molecular complexity index is 307. The van der Waals surface area contributed by atoms with Crippen LogP contribution in [0.2, 0.25) is 5.02 Å². The first-order valence-corrected chi connectivity index (χ1v) is 4.02. The number of hydrogen-bond donors (Lipinski definition) is 0. The first-order chi connectivity index (χ1) is 5.36. The average Bonchev–Trinajstić information content (AvgIpc) is 2.04. The number of benzene rings is 1. The molecule has 0 radical (unpaired) electrons. The lowest BCUT2D eigenvalue weighted by Gasteiger charge is -2.08. The third-order valence-corrected chi connectivity index (χ3v) is 2.08. The molecule has 1 aromatic rings. The van der Waals surface area contributed by atoms with E-state index in [0.717, 1.165) is 18.0 Å². The van der Waals surface area contributed by atoms with Crippen LogP contribution in [-0.4, -0.2) is 12.8 Å². The molecule has 1 aliphatic heterocycles. The molecule has 0 amide bonds. The van der Waals surface area contributed by atoms with E-state index < -0.39 is 0 Å². The van der Waals surface area contributed by atoms with Gasteiger partial charge in [-0.15, -0.1) is 12.4 Å². The zero-order valence-electron chi connectivity index (χ0n) is 6.46. The van der Waals surface area contributed by atoms with E-state index in [0.29, 0.717) is 0 Å².